The average Bonchev–Trinajstić information content (AvgIpc) is 3.05. The summed E-state index contributed by atoms with van der Waals surface area (Å²) >= 11 is 0. The fourth-order valence-electron chi connectivity index (χ4n) is 2.90. The maximum absolute atomic E-state index is 13.3. The molecule has 0 unspecified atom stereocenters. The third-order valence-electron chi connectivity index (χ3n) is 4.03. The van der Waals surface area contributed by atoms with E-state index in [1.165, 1.54) is 0 Å². The van der Waals surface area contributed by atoms with E-state index < -0.39 is 11.7 Å². The van der Waals surface area contributed by atoms with Crippen molar-refractivity contribution in [3.05, 3.63) is 23.6 Å². The molecule has 2 aromatic rings. The zero-order valence-corrected chi connectivity index (χ0v) is 12.6. The van der Waals surface area contributed by atoms with Crippen LogP contribution in [0.2, 0.25) is 0 Å². The van der Waals surface area contributed by atoms with Gasteiger partial charge in [0.1, 0.15) is 11.1 Å². The fourth-order valence-corrected chi connectivity index (χ4v) is 2.90. The number of aromatic nitrogens is 1. The van der Waals surface area contributed by atoms with E-state index in [1.807, 2.05) is 13.8 Å². The number of nitrogens with one attached hydrogen (secondary N) is 1. The van der Waals surface area contributed by atoms with E-state index in [2.05, 4.69) is 10.3 Å². The second-order valence-corrected chi connectivity index (χ2v) is 6.20. The molecule has 120 valence electrons. The van der Waals surface area contributed by atoms with Crippen LogP contribution in [0, 0.1) is 0 Å². The SMILES string of the molecule is CC(C)c1nc2cc(NC3CCCC3)cc(C(F)(F)F)c2o1. The van der Waals surface area contributed by atoms with E-state index in [4.69, 9.17) is 4.42 Å². The van der Waals surface area contributed by atoms with E-state index in [1.54, 1.807) is 6.07 Å². The topological polar surface area (TPSA) is 38.1 Å². The lowest BCUT2D eigenvalue weighted by Gasteiger charge is -2.15. The summed E-state index contributed by atoms with van der Waals surface area (Å²) in [6, 6.07) is 3.03. The summed E-state index contributed by atoms with van der Waals surface area (Å²) in [6.07, 6.45) is -0.231. The minimum absolute atomic E-state index is 0.0558. The van der Waals surface area contributed by atoms with Crippen LogP contribution in [0.5, 0.6) is 0 Å². The maximum Gasteiger partial charge on any atom is 0.420 e. The van der Waals surface area contributed by atoms with Gasteiger partial charge in [-0.25, -0.2) is 4.98 Å². The van der Waals surface area contributed by atoms with Gasteiger partial charge in [0.15, 0.2) is 11.5 Å². The highest BCUT2D eigenvalue weighted by Crippen LogP contribution is 2.38. The van der Waals surface area contributed by atoms with Crippen LogP contribution in [0.4, 0.5) is 18.9 Å². The first kappa shape index (κ1) is 15.2. The van der Waals surface area contributed by atoms with Crippen molar-refractivity contribution in [2.45, 2.75) is 57.7 Å². The van der Waals surface area contributed by atoms with E-state index in [0.717, 1.165) is 31.7 Å². The third kappa shape index (κ3) is 2.91. The van der Waals surface area contributed by atoms with E-state index in [-0.39, 0.29) is 23.1 Å². The van der Waals surface area contributed by atoms with Gasteiger partial charge in [-0.1, -0.05) is 26.7 Å². The van der Waals surface area contributed by atoms with E-state index in [0.29, 0.717) is 11.6 Å². The number of oxazole rings is 1. The molecule has 0 bridgehead atoms. The van der Waals surface area contributed by atoms with Gasteiger partial charge in [-0.15, -0.1) is 0 Å². The second kappa shape index (κ2) is 5.48. The Labute approximate surface area is 126 Å². The van der Waals surface area contributed by atoms with Crippen molar-refractivity contribution in [3.8, 4) is 0 Å². The highest BCUT2D eigenvalue weighted by atomic mass is 19.4. The molecule has 22 heavy (non-hydrogen) atoms. The molecule has 1 N–H and O–H groups in total. The Kier molecular flexibility index (Phi) is 3.78. The quantitative estimate of drug-likeness (QED) is 0.833. The number of hydrogen-bond acceptors (Lipinski definition) is 3. The Balaban J connectivity index is 2.06. The predicted molar refractivity (Wildman–Crippen MR) is 79.0 cm³/mol. The fraction of sp³-hybridized carbons (Fsp3) is 0.562. The van der Waals surface area contributed by atoms with Crippen molar-refractivity contribution >= 4 is 16.8 Å². The van der Waals surface area contributed by atoms with Gasteiger partial charge >= 0.3 is 6.18 Å². The van der Waals surface area contributed by atoms with E-state index >= 15 is 0 Å². The van der Waals surface area contributed by atoms with Gasteiger partial charge in [-0.2, -0.15) is 13.2 Å². The van der Waals surface area contributed by atoms with Crippen LogP contribution >= 0.6 is 0 Å². The summed E-state index contributed by atoms with van der Waals surface area (Å²) in [5.41, 5.74) is -0.201. The maximum atomic E-state index is 13.3. The van der Waals surface area contributed by atoms with Gasteiger partial charge in [0.2, 0.25) is 0 Å². The molecule has 0 spiro atoms. The highest BCUT2D eigenvalue weighted by Gasteiger charge is 2.36. The molecule has 1 aliphatic carbocycles. The lowest BCUT2D eigenvalue weighted by atomic mass is 10.1. The molecule has 1 saturated carbocycles. The van der Waals surface area contributed by atoms with Gasteiger partial charge in [-0.3, -0.25) is 0 Å². The van der Waals surface area contributed by atoms with E-state index in [9.17, 15) is 13.2 Å². The summed E-state index contributed by atoms with van der Waals surface area (Å²) in [7, 11) is 0. The zero-order chi connectivity index (χ0) is 15.9. The van der Waals surface area contributed by atoms with Crippen LogP contribution in [0.3, 0.4) is 0 Å². The number of anilines is 1. The zero-order valence-electron chi connectivity index (χ0n) is 12.6. The van der Waals surface area contributed by atoms with Crippen molar-refractivity contribution < 1.29 is 17.6 Å². The smallest absolute Gasteiger partial charge is 0.420 e. The summed E-state index contributed by atoms with van der Waals surface area (Å²) in [5, 5.41) is 3.20. The molecule has 0 aliphatic heterocycles. The Morgan fingerprint density at radius 1 is 1.23 bits per heavy atom. The second-order valence-electron chi connectivity index (χ2n) is 6.20. The summed E-state index contributed by atoms with van der Waals surface area (Å²) in [4.78, 5) is 4.21. The van der Waals surface area contributed by atoms with Crippen molar-refractivity contribution in [1.29, 1.82) is 0 Å². The number of nitrogens with zero attached hydrogens (tertiary/aromatic N) is 1. The minimum Gasteiger partial charge on any atom is -0.440 e. The Morgan fingerprint density at radius 3 is 2.50 bits per heavy atom. The first-order chi connectivity index (χ1) is 10.3. The van der Waals surface area contributed by atoms with Gasteiger partial charge in [0.05, 0.1) is 0 Å². The van der Waals surface area contributed by atoms with Gasteiger partial charge in [-0.05, 0) is 25.0 Å². The minimum atomic E-state index is -4.46. The predicted octanol–water partition coefficient (Wildman–Crippen LogP) is 5.32. The average molecular weight is 312 g/mol. The molecule has 0 atom stereocenters. The third-order valence-corrected chi connectivity index (χ3v) is 4.03. The lowest BCUT2D eigenvalue weighted by molar-refractivity contribution is -0.136. The largest absolute Gasteiger partial charge is 0.440 e. The first-order valence-electron chi connectivity index (χ1n) is 7.63. The molecular weight excluding hydrogens is 293 g/mol. The summed E-state index contributed by atoms with van der Waals surface area (Å²) < 4.78 is 45.3. The molecule has 0 saturated heterocycles. The highest BCUT2D eigenvalue weighted by molar-refractivity contribution is 5.82. The van der Waals surface area contributed by atoms with Crippen molar-refractivity contribution in [2.75, 3.05) is 5.32 Å². The number of rotatable bonds is 3. The van der Waals surface area contributed by atoms with Crippen LogP contribution in [-0.2, 0) is 6.18 Å². The summed E-state index contributed by atoms with van der Waals surface area (Å²) in [5.74, 6) is 0.276. The van der Waals surface area contributed by atoms with Gasteiger partial charge < -0.3 is 9.73 Å². The van der Waals surface area contributed by atoms with Gasteiger partial charge in [0, 0.05) is 17.6 Å². The van der Waals surface area contributed by atoms with Crippen molar-refractivity contribution in [1.82, 2.24) is 4.98 Å². The van der Waals surface area contributed by atoms with Crippen LogP contribution < -0.4 is 5.32 Å². The molecule has 3 nitrogen and oxygen atoms in total. The Hall–Kier alpha value is -1.72. The molecule has 1 fully saturated rings. The monoisotopic (exact) mass is 312 g/mol. The summed E-state index contributed by atoms with van der Waals surface area (Å²) in [6.45, 7) is 3.69. The van der Waals surface area contributed by atoms with Crippen molar-refractivity contribution in [3.63, 3.8) is 0 Å². The molecule has 0 amide bonds. The molecule has 1 aromatic heterocycles. The van der Waals surface area contributed by atoms with Crippen LogP contribution in [0.1, 0.15) is 56.9 Å². The molecule has 0 radical (unpaired) electrons. The van der Waals surface area contributed by atoms with Crippen LogP contribution in [0.15, 0.2) is 16.5 Å². The number of halogens is 3. The normalized spacial score (nSPS) is 16.8. The Morgan fingerprint density at radius 2 is 1.91 bits per heavy atom. The molecular formula is C16H19F3N2O. The molecule has 3 rings (SSSR count). The molecule has 1 aromatic carbocycles. The van der Waals surface area contributed by atoms with Crippen molar-refractivity contribution in [2.24, 2.45) is 0 Å². The molecule has 1 heterocycles. The Bertz CT molecular complexity index is 670. The van der Waals surface area contributed by atoms with Crippen LogP contribution in [-0.4, -0.2) is 11.0 Å². The van der Waals surface area contributed by atoms with Gasteiger partial charge in [0.25, 0.3) is 0 Å². The number of benzene rings is 1. The van der Waals surface area contributed by atoms with Crippen LogP contribution in [0.25, 0.3) is 11.1 Å². The number of fused-ring (bicyclic) bond motifs is 1. The number of alkyl halides is 3. The molecule has 1 aliphatic rings. The number of hydrogen-bond donors (Lipinski definition) is 1. The molecule has 6 heteroatoms. The standard InChI is InChI=1S/C16H19F3N2O/c1-9(2)15-21-13-8-11(20-10-5-3-4-6-10)7-12(14(13)22-15)16(17,18)19/h7-10,20H,3-6H2,1-2H3. The first-order valence-corrected chi connectivity index (χ1v) is 7.63. The lowest BCUT2D eigenvalue weighted by Crippen LogP contribution is -2.15.